The predicted octanol–water partition coefficient (Wildman–Crippen LogP) is 2.64. The van der Waals surface area contributed by atoms with E-state index < -0.39 is 0 Å². The number of rotatable bonds is 3. The fourth-order valence-electron chi connectivity index (χ4n) is 2.00. The second-order valence-corrected chi connectivity index (χ2v) is 4.68. The van der Waals surface area contributed by atoms with Crippen molar-refractivity contribution in [1.82, 2.24) is 14.9 Å². The predicted molar refractivity (Wildman–Crippen MR) is 77.8 cm³/mol. The first-order valence-corrected chi connectivity index (χ1v) is 6.46. The summed E-state index contributed by atoms with van der Waals surface area (Å²) in [5.74, 6) is 0.518. The zero-order chi connectivity index (χ0) is 14.8. The summed E-state index contributed by atoms with van der Waals surface area (Å²) in [7, 11) is 1.80. The number of nitrogens with one attached hydrogen (secondary N) is 1. The van der Waals surface area contributed by atoms with Crippen LogP contribution in [0.2, 0.25) is 0 Å². The summed E-state index contributed by atoms with van der Waals surface area (Å²) in [5, 5.41) is 10.6. The van der Waals surface area contributed by atoms with E-state index in [-0.39, 0.29) is 5.91 Å². The van der Waals surface area contributed by atoms with Gasteiger partial charge in [0.15, 0.2) is 5.76 Å². The summed E-state index contributed by atoms with van der Waals surface area (Å²) >= 11 is 0. The molecule has 0 spiro atoms. The van der Waals surface area contributed by atoms with Crippen LogP contribution < -0.4 is 5.32 Å². The number of nitrogens with zero attached hydrogens (tertiary/aromatic N) is 3. The first-order valence-electron chi connectivity index (χ1n) is 6.46. The number of carbonyl (C=O) groups excluding carboxylic acids is 1. The molecule has 0 atom stereocenters. The van der Waals surface area contributed by atoms with Gasteiger partial charge in [-0.2, -0.15) is 5.10 Å². The topological polar surface area (TPSA) is 73.0 Å². The molecule has 0 fully saturated rings. The highest BCUT2D eigenvalue weighted by atomic mass is 16.5. The van der Waals surface area contributed by atoms with Crippen molar-refractivity contribution in [1.29, 1.82) is 0 Å². The van der Waals surface area contributed by atoms with Crippen LogP contribution in [-0.2, 0) is 7.05 Å². The lowest BCUT2D eigenvalue weighted by Crippen LogP contribution is -2.12. The SMILES string of the molecule is Cc1c(C(=O)Nc2ccc(-c3ccno3)cc2)cnn1C. The third-order valence-corrected chi connectivity index (χ3v) is 3.34. The van der Waals surface area contributed by atoms with Gasteiger partial charge in [-0.15, -0.1) is 0 Å². The van der Waals surface area contributed by atoms with Crippen molar-refractivity contribution < 1.29 is 9.32 Å². The fraction of sp³-hybridized carbons (Fsp3) is 0.133. The fourth-order valence-corrected chi connectivity index (χ4v) is 2.00. The minimum atomic E-state index is -0.173. The Morgan fingerprint density at radius 1 is 1.24 bits per heavy atom. The summed E-state index contributed by atoms with van der Waals surface area (Å²) < 4.78 is 6.75. The summed E-state index contributed by atoms with van der Waals surface area (Å²) in [6, 6.07) is 9.16. The molecule has 106 valence electrons. The molecule has 2 heterocycles. The highest BCUT2D eigenvalue weighted by molar-refractivity contribution is 6.04. The maximum absolute atomic E-state index is 12.2. The molecule has 0 bridgehead atoms. The summed E-state index contributed by atoms with van der Waals surface area (Å²) in [6.45, 7) is 1.86. The number of benzene rings is 1. The molecule has 0 saturated heterocycles. The molecule has 0 unspecified atom stereocenters. The van der Waals surface area contributed by atoms with Crippen LogP contribution in [0.3, 0.4) is 0 Å². The van der Waals surface area contributed by atoms with Crippen molar-refractivity contribution in [2.75, 3.05) is 5.32 Å². The standard InChI is InChI=1S/C15H14N4O2/c1-10-13(9-16-19(10)2)15(20)18-12-5-3-11(4-6-12)14-7-8-17-21-14/h3-9H,1-2H3,(H,18,20). The lowest BCUT2D eigenvalue weighted by molar-refractivity contribution is 0.102. The Balaban J connectivity index is 1.76. The second-order valence-electron chi connectivity index (χ2n) is 4.68. The van der Waals surface area contributed by atoms with E-state index >= 15 is 0 Å². The van der Waals surface area contributed by atoms with Crippen molar-refractivity contribution in [2.24, 2.45) is 7.05 Å². The molecule has 0 radical (unpaired) electrons. The van der Waals surface area contributed by atoms with Gasteiger partial charge in [0.1, 0.15) is 0 Å². The largest absolute Gasteiger partial charge is 0.356 e. The Morgan fingerprint density at radius 2 is 2.00 bits per heavy atom. The minimum absolute atomic E-state index is 0.173. The van der Waals surface area contributed by atoms with Gasteiger partial charge in [-0.05, 0) is 31.2 Å². The number of carbonyl (C=O) groups is 1. The molecule has 21 heavy (non-hydrogen) atoms. The molecular weight excluding hydrogens is 268 g/mol. The number of amides is 1. The van der Waals surface area contributed by atoms with Gasteiger partial charge in [-0.1, -0.05) is 5.16 Å². The van der Waals surface area contributed by atoms with Crippen LogP contribution in [-0.4, -0.2) is 20.8 Å². The Hall–Kier alpha value is -2.89. The van der Waals surface area contributed by atoms with Crippen LogP contribution in [0.15, 0.2) is 47.2 Å². The molecule has 1 N–H and O–H groups in total. The van der Waals surface area contributed by atoms with E-state index in [9.17, 15) is 4.79 Å². The number of hydrogen-bond acceptors (Lipinski definition) is 4. The lowest BCUT2D eigenvalue weighted by Gasteiger charge is -2.05. The van der Waals surface area contributed by atoms with E-state index in [1.54, 1.807) is 30.2 Å². The Labute approximate surface area is 121 Å². The van der Waals surface area contributed by atoms with E-state index in [2.05, 4.69) is 15.6 Å². The molecule has 1 amide bonds. The van der Waals surface area contributed by atoms with Gasteiger partial charge >= 0.3 is 0 Å². The lowest BCUT2D eigenvalue weighted by atomic mass is 10.1. The van der Waals surface area contributed by atoms with E-state index in [1.807, 2.05) is 31.2 Å². The average Bonchev–Trinajstić information content (AvgIpc) is 3.11. The quantitative estimate of drug-likeness (QED) is 0.801. The monoisotopic (exact) mass is 282 g/mol. The summed E-state index contributed by atoms with van der Waals surface area (Å²) in [5.41, 5.74) is 3.01. The molecule has 0 aliphatic heterocycles. The van der Waals surface area contributed by atoms with Gasteiger partial charge in [0.05, 0.1) is 18.0 Å². The van der Waals surface area contributed by atoms with Gasteiger partial charge < -0.3 is 9.84 Å². The normalized spacial score (nSPS) is 10.6. The Kier molecular flexibility index (Phi) is 3.27. The van der Waals surface area contributed by atoms with Crippen molar-refractivity contribution in [2.45, 2.75) is 6.92 Å². The molecule has 1 aromatic carbocycles. The number of aromatic nitrogens is 3. The Bertz CT molecular complexity index is 758. The van der Waals surface area contributed by atoms with E-state index in [4.69, 9.17) is 4.52 Å². The van der Waals surface area contributed by atoms with E-state index in [1.165, 1.54) is 0 Å². The summed E-state index contributed by atoms with van der Waals surface area (Å²) in [6.07, 6.45) is 3.16. The van der Waals surface area contributed by atoms with Crippen LogP contribution >= 0.6 is 0 Å². The zero-order valence-corrected chi connectivity index (χ0v) is 11.7. The third kappa shape index (κ3) is 2.55. The van der Waals surface area contributed by atoms with Gasteiger partial charge in [0.2, 0.25) is 0 Å². The highest BCUT2D eigenvalue weighted by Gasteiger charge is 2.13. The minimum Gasteiger partial charge on any atom is -0.356 e. The molecule has 3 aromatic rings. The maximum Gasteiger partial charge on any atom is 0.259 e. The van der Waals surface area contributed by atoms with Crippen molar-refractivity contribution in [3.63, 3.8) is 0 Å². The van der Waals surface area contributed by atoms with Crippen LogP contribution in [0, 0.1) is 6.92 Å². The molecule has 0 aliphatic carbocycles. The van der Waals surface area contributed by atoms with Crippen molar-refractivity contribution in [3.8, 4) is 11.3 Å². The number of aryl methyl sites for hydroxylation is 1. The average molecular weight is 282 g/mol. The molecular formula is C15H14N4O2. The van der Waals surface area contributed by atoms with Crippen LogP contribution in [0.5, 0.6) is 0 Å². The van der Waals surface area contributed by atoms with Crippen LogP contribution in [0.25, 0.3) is 11.3 Å². The molecule has 3 rings (SSSR count). The molecule has 0 saturated carbocycles. The van der Waals surface area contributed by atoms with Gasteiger partial charge in [-0.3, -0.25) is 9.48 Å². The second kappa shape index (κ2) is 5.24. The smallest absolute Gasteiger partial charge is 0.259 e. The van der Waals surface area contributed by atoms with Crippen LogP contribution in [0.1, 0.15) is 16.1 Å². The van der Waals surface area contributed by atoms with Crippen LogP contribution in [0.4, 0.5) is 5.69 Å². The highest BCUT2D eigenvalue weighted by Crippen LogP contribution is 2.21. The molecule has 0 aliphatic rings. The Morgan fingerprint density at radius 3 is 2.57 bits per heavy atom. The molecule has 6 heteroatoms. The van der Waals surface area contributed by atoms with Gasteiger partial charge in [0.25, 0.3) is 5.91 Å². The van der Waals surface area contributed by atoms with Crippen molar-refractivity contribution in [3.05, 3.63) is 54.0 Å². The third-order valence-electron chi connectivity index (χ3n) is 3.34. The molecule has 2 aromatic heterocycles. The van der Waals surface area contributed by atoms with E-state index in [0.29, 0.717) is 17.0 Å². The summed E-state index contributed by atoms with van der Waals surface area (Å²) in [4.78, 5) is 12.2. The zero-order valence-electron chi connectivity index (χ0n) is 11.7. The van der Waals surface area contributed by atoms with Gasteiger partial charge in [0, 0.05) is 30.1 Å². The first-order chi connectivity index (χ1) is 10.1. The van der Waals surface area contributed by atoms with Gasteiger partial charge in [-0.25, -0.2) is 0 Å². The van der Waals surface area contributed by atoms with E-state index in [0.717, 1.165) is 11.3 Å². The first kappa shape index (κ1) is 13.1. The van der Waals surface area contributed by atoms with Crippen molar-refractivity contribution >= 4 is 11.6 Å². The number of hydrogen-bond donors (Lipinski definition) is 1. The number of anilines is 1. The molecule has 6 nitrogen and oxygen atoms in total. The maximum atomic E-state index is 12.2.